The predicted octanol–water partition coefficient (Wildman–Crippen LogP) is -0.733. The third-order valence-corrected chi connectivity index (χ3v) is 4.46. The summed E-state index contributed by atoms with van der Waals surface area (Å²) in [5.41, 5.74) is 5.61. The molecule has 1 atom stereocenters. The largest absolute Gasteiger partial charge is 0.354 e. The van der Waals surface area contributed by atoms with Gasteiger partial charge in [0.2, 0.25) is 11.8 Å². The molecular weight excluding hydrogens is 294 g/mol. The number of nitrogens with zero attached hydrogens (tertiary/aromatic N) is 1. The molecule has 3 N–H and O–H groups in total. The van der Waals surface area contributed by atoms with E-state index in [1.807, 2.05) is 4.90 Å². The first-order valence-corrected chi connectivity index (χ1v) is 9.34. The van der Waals surface area contributed by atoms with Crippen molar-refractivity contribution in [1.29, 1.82) is 0 Å². The van der Waals surface area contributed by atoms with E-state index in [9.17, 15) is 18.0 Å². The zero-order valence-corrected chi connectivity index (χ0v) is 13.3. The molecule has 0 aromatic heterocycles. The molecule has 0 bridgehead atoms. The van der Waals surface area contributed by atoms with Crippen LogP contribution in [-0.4, -0.2) is 62.8 Å². The number of hydrogen-bond acceptors (Lipinski definition) is 5. The zero-order chi connectivity index (χ0) is 15.9. The number of nitrogens with two attached hydrogens (primary N) is 1. The number of piperidine rings is 1. The molecule has 0 radical (unpaired) electrons. The van der Waals surface area contributed by atoms with Crippen molar-refractivity contribution in [3.8, 4) is 0 Å². The number of carbonyl (C=O) groups is 2. The van der Waals surface area contributed by atoms with Gasteiger partial charge in [0.15, 0.2) is 0 Å². The molecular formula is C13H25N3O4S. The number of carbonyl (C=O) groups excluding carboxylic acids is 2. The molecule has 2 amide bonds. The van der Waals surface area contributed by atoms with E-state index < -0.39 is 21.8 Å². The van der Waals surface area contributed by atoms with Crippen molar-refractivity contribution in [3.05, 3.63) is 0 Å². The highest BCUT2D eigenvalue weighted by molar-refractivity contribution is 7.90. The minimum atomic E-state index is -3.12. The van der Waals surface area contributed by atoms with E-state index in [4.69, 9.17) is 5.73 Å². The van der Waals surface area contributed by atoms with Crippen LogP contribution in [0, 0.1) is 0 Å². The van der Waals surface area contributed by atoms with E-state index in [0.717, 1.165) is 38.6 Å². The van der Waals surface area contributed by atoms with Gasteiger partial charge in [0.05, 0.1) is 11.8 Å². The van der Waals surface area contributed by atoms with Gasteiger partial charge in [0.25, 0.3) is 0 Å². The molecule has 1 aliphatic heterocycles. The Morgan fingerprint density at radius 1 is 1.24 bits per heavy atom. The average molecular weight is 319 g/mol. The molecule has 122 valence electrons. The fraction of sp³-hybridized carbons (Fsp3) is 0.846. The number of rotatable bonds is 7. The van der Waals surface area contributed by atoms with Crippen LogP contribution in [0.4, 0.5) is 0 Å². The molecule has 0 aromatic rings. The van der Waals surface area contributed by atoms with E-state index in [0.29, 0.717) is 0 Å². The summed E-state index contributed by atoms with van der Waals surface area (Å²) in [7, 11) is -3.12. The SMILES string of the molecule is CS(=O)(=O)CCC(N)C(=O)NCCC(=O)N1CCCCC1. The van der Waals surface area contributed by atoms with Crippen LogP contribution < -0.4 is 11.1 Å². The van der Waals surface area contributed by atoms with Crippen LogP contribution in [0.1, 0.15) is 32.1 Å². The number of amides is 2. The lowest BCUT2D eigenvalue weighted by Gasteiger charge is -2.26. The molecule has 0 aromatic carbocycles. The van der Waals surface area contributed by atoms with Gasteiger partial charge in [-0.2, -0.15) is 0 Å². The number of likely N-dealkylation sites (tertiary alicyclic amines) is 1. The normalized spacial score (nSPS) is 17.3. The Kier molecular flexibility index (Phi) is 7.10. The molecule has 0 aliphatic carbocycles. The topological polar surface area (TPSA) is 110 Å². The van der Waals surface area contributed by atoms with Crippen LogP contribution in [0.2, 0.25) is 0 Å². The Morgan fingerprint density at radius 2 is 1.86 bits per heavy atom. The molecule has 1 aliphatic rings. The first kappa shape index (κ1) is 17.9. The van der Waals surface area contributed by atoms with Crippen LogP contribution in [0.3, 0.4) is 0 Å². The molecule has 1 rings (SSSR count). The summed E-state index contributed by atoms with van der Waals surface area (Å²) < 4.78 is 22.0. The molecule has 0 spiro atoms. The van der Waals surface area contributed by atoms with E-state index in [2.05, 4.69) is 5.32 Å². The lowest BCUT2D eigenvalue weighted by Crippen LogP contribution is -2.43. The lowest BCUT2D eigenvalue weighted by atomic mass is 10.1. The fourth-order valence-corrected chi connectivity index (χ4v) is 2.88. The molecule has 7 nitrogen and oxygen atoms in total. The van der Waals surface area contributed by atoms with E-state index in [-0.39, 0.29) is 31.0 Å². The fourth-order valence-electron chi connectivity index (χ4n) is 2.20. The van der Waals surface area contributed by atoms with Crippen LogP contribution in [0.15, 0.2) is 0 Å². The monoisotopic (exact) mass is 319 g/mol. The third-order valence-electron chi connectivity index (χ3n) is 3.48. The first-order valence-electron chi connectivity index (χ1n) is 7.28. The molecule has 1 fully saturated rings. The van der Waals surface area contributed by atoms with E-state index >= 15 is 0 Å². The Balaban J connectivity index is 2.21. The van der Waals surface area contributed by atoms with Crippen molar-refractivity contribution < 1.29 is 18.0 Å². The average Bonchev–Trinajstić information content (AvgIpc) is 2.44. The maximum atomic E-state index is 11.9. The minimum Gasteiger partial charge on any atom is -0.354 e. The van der Waals surface area contributed by atoms with Crippen molar-refractivity contribution in [2.45, 2.75) is 38.1 Å². The van der Waals surface area contributed by atoms with Crippen LogP contribution in [-0.2, 0) is 19.4 Å². The molecule has 21 heavy (non-hydrogen) atoms. The van der Waals surface area contributed by atoms with Gasteiger partial charge in [0, 0.05) is 32.3 Å². The molecule has 1 saturated heterocycles. The molecule has 0 saturated carbocycles. The van der Waals surface area contributed by atoms with Crippen molar-refractivity contribution in [3.63, 3.8) is 0 Å². The highest BCUT2D eigenvalue weighted by Gasteiger charge is 2.18. The second kappa shape index (κ2) is 8.33. The predicted molar refractivity (Wildman–Crippen MR) is 80.4 cm³/mol. The van der Waals surface area contributed by atoms with Gasteiger partial charge in [-0.25, -0.2) is 8.42 Å². The minimum absolute atomic E-state index is 0.0414. The van der Waals surface area contributed by atoms with Gasteiger partial charge in [-0.05, 0) is 25.7 Å². The lowest BCUT2D eigenvalue weighted by molar-refractivity contribution is -0.132. The van der Waals surface area contributed by atoms with E-state index in [1.54, 1.807) is 0 Å². The standard InChI is InChI=1S/C13H25N3O4S/c1-21(19,20)10-6-11(14)13(18)15-7-5-12(17)16-8-3-2-4-9-16/h11H,2-10,14H2,1H3,(H,15,18). The smallest absolute Gasteiger partial charge is 0.236 e. The second-order valence-corrected chi connectivity index (χ2v) is 7.77. The van der Waals surface area contributed by atoms with Gasteiger partial charge in [-0.1, -0.05) is 0 Å². The summed E-state index contributed by atoms with van der Waals surface area (Å²) in [6.45, 7) is 1.82. The third kappa shape index (κ3) is 7.42. The van der Waals surface area contributed by atoms with Crippen LogP contribution in [0.5, 0.6) is 0 Å². The quantitative estimate of drug-likeness (QED) is 0.643. The van der Waals surface area contributed by atoms with Crippen molar-refractivity contribution >= 4 is 21.7 Å². The number of nitrogens with one attached hydrogen (secondary N) is 1. The van der Waals surface area contributed by atoms with Crippen molar-refractivity contribution in [2.24, 2.45) is 5.73 Å². The van der Waals surface area contributed by atoms with Crippen LogP contribution >= 0.6 is 0 Å². The summed E-state index contributed by atoms with van der Waals surface area (Å²) in [5.74, 6) is -0.487. The van der Waals surface area contributed by atoms with E-state index in [1.165, 1.54) is 0 Å². The Morgan fingerprint density at radius 3 is 2.43 bits per heavy atom. The summed E-state index contributed by atoms with van der Waals surface area (Å²) in [4.78, 5) is 25.4. The summed E-state index contributed by atoms with van der Waals surface area (Å²) in [6, 6.07) is -0.857. The van der Waals surface area contributed by atoms with Gasteiger partial charge >= 0.3 is 0 Å². The maximum absolute atomic E-state index is 11.9. The summed E-state index contributed by atoms with van der Waals surface area (Å²) in [6.07, 6.45) is 4.68. The van der Waals surface area contributed by atoms with Gasteiger partial charge in [-0.3, -0.25) is 9.59 Å². The van der Waals surface area contributed by atoms with Crippen molar-refractivity contribution in [1.82, 2.24) is 10.2 Å². The van der Waals surface area contributed by atoms with Crippen molar-refractivity contribution in [2.75, 3.05) is 31.6 Å². The Labute approximate surface area is 126 Å². The second-order valence-electron chi connectivity index (χ2n) is 5.51. The Bertz CT molecular complexity index is 458. The van der Waals surface area contributed by atoms with Gasteiger partial charge in [-0.15, -0.1) is 0 Å². The van der Waals surface area contributed by atoms with Gasteiger partial charge in [0.1, 0.15) is 9.84 Å². The zero-order valence-electron chi connectivity index (χ0n) is 12.5. The maximum Gasteiger partial charge on any atom is 0.236 e. The summed E-state index contributed by atoms with van der Waals surface area (Å²) in [5, 5.41) is 2.58. The molecule has 1 heterocycles. The van der Waals surface area contributed by atoms with Gasteiger partial charge < -0.3 is 16.0 Å². The highest BCUT2D eigenvalue weighted by atomic mass is 32.2. The Hall–Kier alpha value is -1.15. The first-order chi connectivity index (χ1) is 9.79. The molecule has 8 heteroatoms. The number of sulfone groups is 1. The van der Waals surface area contributed by atoms with Crippen LogP contribution in [0.25, 0.3) is 0 Å². The molecule has 1 unspecified atom stereocenters. The number of hydrogen-bond donors (Lipinski definition) is 2. The summed E-state index contributed by atoms with van der Waals surface area (Å²) >= 11 is 0. The highest BCUT2D eigenvalue weighted by Crippen LogP contribution is 2.09.